The maximum atomic E-state index is 12.8. The van der Waals surface area contributed by atoms with E-state index < -0.39 is 25.1 Å². The van der Waals surface area contributed by atoms with Crippen molar-refractivity contribution in [3.05, 3.63) is 59.4 Å². The third-order valence-electron chi connectivity index (χ3n) is 3.68. The highest BCUT2D eigenvalue weighted by molar-refractivity contribution is 5.92. The van der Waals surface area contributed by atoms with Crippen LogP contribution < -0.4 is 14.8 Å². The van der Waals surface area contributed by atoms with Gasteiger partial charge in [0.1, 0.15) is 5.82 Å². The fraction of sp³-hybridized carbons (Fsp3) is 0.300. The van der Waals surface area contributed by atoms with E-state index in [2.05, 4.69) is 10.1 Å². The molecule has 0 aliphatic heterocycles. The van der Waals surface area contributed by atoms with Crippen molar-refractivity contribution in [2.75, 3.05) is 19.8 Å². The molecule has 0 atom stereocenters. The number of halogens is 3. The molecular weight excluding hydrogens is 391 g/mol. The van der Waals surface area contributed by atoms with Crippen LogP contribution in [-0.2, 0) is 16.0 Å². The summed E-state index contributed by atoms with van der Waals surface area (Å²) in [7, 11) is 0. The zero-order valence-corrected chi connectivity index (χ0v) is 15.6. The molecule has 0 saturated carbocycles. The van der Waals surface area contributed by atoms with Crippen LogP contribution in [0.1, 0.15) is 22.8 Å². The second kappa shape index (κ2) is 10.9. The molecule has 0 aliphatic carbocycles. The second-order valence-electron chi connectivity index (χ2n) is 5.78. The number of hydrogen-bond acceptors (Lipinski definition) is 5. The van der Waals surface area contributed by atoms with Crippen LogP contribution in [0.25, 0.3) is 0 Å². The van der Waals surface area contributed by atoms with Crippen LogP contribution in [-0.4, -0.2) is 38.2 Å². The van der Waals surface area contributed by atoms with Gasteiger partial charge in [0.2, 0.25) is 0 Å². The number of carbonyl (C=O) groups excluding carboxylic acids is 2. The monoisotopic (exact) mass is 411 g/mol. The van der Waals surface area contributed by atoms with Gasteiger partial charge in [-0.2, -0.15) is 8.78 Å². The lowest BCUT2D eigenvalue weighted by molar-refractivity contribution is -0.124. The standard InChI is InChI=1S/C20H20F3NO5/c1-2-27-17-11-14(5-8-16(17)29-20(22)23)19(26)28-12-18(25)24-10-9-13-3-6-15(21)7-4-13/h3-8,11,20H,2,9-10,12H2,1H3,(H,24,25). The summed E-state index contributed by atoms with van der Waals surface area (Å²) in [5.74, 6) is -1.92. The smallest absolute Gasteiger partial charge is 0.387 e. The van der Waals surface area contributed by atoms with Crippen LogP contribution in [0.5, 0.6) is 11.5 Å². The highest BCUT2D eigenvalue weighted by atomic mass is 19.3. The number of nitrogens with one attached hydrogen (secondary N) is 1. The van der Waals surface area contributed by atoms with Crippen molar-refractivity contribution in [3.63, 3.8) is 0 Å². The number of amides is 1. The van der Waals surface area contributed by atoms with E-state index in [-0.39, 0.29) is 36.0 Å². The molecule has 0 aromatic heterocycles. The van der Waals surface area contributed by atoms with E-state index in [1.54, 1.807) is 19.1 Å². The average molecular weight is 411 g/mol. The molecule has 6 nitrogen and oxygen atoms in total. The minimum absolute atomic E-state index is 0.0224. The van der Waals surface area contributed by atoms with E-state index in [0.29, 0.717) is 6.42 Å². The minimum atomic E-state index is -3.04. The first-order valence-electron chi connectivity index (χ1n) is 8.79. The fourth-order valence-electron chi connectivity index (χ4n) is 2.36. The van der Waals surface area contributed by atoms with Crippen LogP contribution in [0.2, 0.25) is 0 Å². The van der Waals surface area contributed by atoms with Gasteiger partial charge in [-0.1, -0.05) is 12.1 Å². The van der Waals surface area contributed by atoms with E-state index in [1.165, 1.54) is 24.3 Å². The number of esters is 1. The quantitative estimate of drug-likeness (QED) is 0.607. The van der Waals surface area contributed by atoms with E-state index in [1.807, 2.05) is 0 Å². The van der Waals surface area contributed by atoms with Gasteiger partial charge >= 0.3 is 12.6 Å². The molecule has 1 N–H and O–H groups in total. The summed E-state index contributed by atoms with van der Waals surface area (Å²) >= 11 is 0. The molecule has 1 amide bonds. The molecule has 156 valence electrons. The van der Waals surface area contributed by atoms with E-state index in [0.717, 1.165) is 11.6 Å². The zero-order valence-electron chi connectivity index (χ0n) is 15.6. The number of carbonyl (C=O) groups is 2. The first-order valence-corrected chi connectivity index (χ1v) is 8.79. The third-order valence-corrected chi connectivity index (χ3v) is 3.68. The summed E-state index contributed by atoms with van der Waals surface area (Å²) in [6.07, 6.45) is 0.489. The van der Waals surface area contributed by atoms with Crippen molar-refractivity contribution < 1.29 is 37.0 Å². The van der Waals surface area contributed by atoms with Gasteiger partial charge in [0, 0.05) is 6.54 Å². The van der Waals surface area contributed by atoms with Crippen LogP contribution in [0.15, 0.2) is 42.5 Å². The Balaban J connectivity index is 1.83. The van der Waals surface area contributed by atoms with Crippen molar-refractivity contribution in [2.24, 2.45) is 0 Å². The van der Waals surface area contributed by atoms with Crippen molar-refractivity contribution in [3.8, 4) is 11.5 Å². The van der Waals surface area contributed by atoms with E-state index in [9.17, 15) is 22.8 Å². The van der Waals surface area contributed by atoms with Gasteiger partial charge in [0.05, 0.1) is 12.2 Å². The summed E-state index contributed by atoms with van der Waals surface area (Å²) in [4.78, 5) is 23.9. The molecule has 0 unspecified atom stereocenters. The zero-order chi connectivity index (χ0) is 21.2. The first kappa shape index (κ1) is 22.1. The maximum absolute atomic E-state index is 12.8. The van der Waals surface area contributed by atoms with E-state index in [4.69, 9.17) is 9.47 Å². The third kappa shape index (κ3) is 7.36. The normalized spacial score (nSPS) is 10.5. The van der Waals surface area contributed by atoms with Crippen molar-refractivity contribution in [1.82, 2.24) is 5.32 Å². The molecule has 0 saturated heterocycles. The Kier molecular flexibility index (Phi) is 8.32. The Morgan fingerprint density at radius 3 is 2.45 bits per heavy atom. The van der Waals surface area contributed by atoms with Crippen molar-refractivity contribution in [2.45, 2.75) is 20.0 Å². The van der Waals surface area contributed by atoms with Crippen LogP contribution >= 0.6 is 0 Å². The average Bonchev–Trinajstić information content (AvgIpc) is 2.69. The highest BCUT2D eigenvalue weighted by Crippen LogP contribution is 2.30. The van der Waals surface area contributed by atoms with Gasteiger partial charge in [-0.05, 0) is 49.2 Å². The number of rotatable bonds is 10. The highest BCUT2D eigenvalue weighted by Gasteiger charge is 2.16. The SMILES string of the molecule is CCOc1cc(C(=O)OCC(=O)NCCc2ccc(F)cc2)ccc1OC(F)F. The molecule has 0 aliphatic rings. The van der Waals surface area contributed by atoms with Gasteiger partial charge in [-0.3, -0.25) is 4.79 Å². The lowest BCUT2D eigenvalue weighted by atomic mass is 10.1. The van der Waals surface area contributed by atoms with Gasteiger partial charge in [-0.25, -0.2) is 9.18 Å². The lowest BCUT2D eigenvalue weighted by Gasteiger charge is -2.12. The fourth-order valence-corrected chi connectivity index (χ4v) is 2.36. The second-order valence-corrected chi connectivity index (χ2v) is 5.78. The molecule has 2 rings (SSSR count). The molecule has 0 bridgehead atoms. The molecule has 9 heteroatoms. The summed E-state index contributed by atoms with van der Waals surface area (Å²) in [5, 5.41) is 2.58. The number of alkyl halides is 2. The number of hydrogen-bond donors (Lipinski definition) is 1. The Morgan fingerprint density at radius 1 is 1.07 bits per heavy atom. The summed E-state index contributed by atoms with van der Waals surface area (Å²) in [6.45, 7) is -1.44. The Hall–Kier alpha value is -3.23. The van der Waals surface area contributed by atoms with Gasteiger partial charge in [0.15, 0.2) is 18.1 Å². The Morgan fingerprint density at radius 2 is 1.79 bits per heavy atom. The van der Waals surface area contributed by atoms with Crippen molar-refractivity contribution >= 4 is 11.9 Å². The molecule has 0 spiro atoms. The van der Waals surface area contributed by atoms with Gasteiger partial charge < -0.3 is 19.5 Å². The first-order chi connectivity index (χ1) is 13.9. The summed E-state index contributed by atoms with van der Waals surface area (Å²) < 4.78 is 52.1. The molecular formula is C20H20F3NO5. The summed E-state index contributed by atoms with van der Waals surface area (Å²) in [5.41, 5.74) is 0.868. The topological polar surface area (TPSA) is 73.9 Å². The lowest BCUT2D eigenvalue weighted by Crippen LogP contribution is -2.30. The van der Waals surface area contributed by atoms with Crippen molar-refractivity contribution in [1.29, 1.82) is 0 Å². The van der Waals surface area contributed by atoms with Crippen LogP contribution in [0.3, 0.4) is 0 Å². The maximum Gasteiger partial charge on any atom is 0.387 e. The van der Waals surface area contributed by atoms with Gasteiger partial charge in [0.25, 0.3) is 5.91 Å². The Bertz CT molecular complexity index is 827. The predicted molar refractivity (Wildman–Crippen MR) is 97.6 cm³/mol. The molecule has 2 aromatic rings. The molecule has 0 radical (unpaired) electrons. The Labute approximate surface area is 165 Å². The minimum Gasteiger partial charge on any atom is -0.490 e. The molecule has 2 aromatic carbocycles. The van der Waals surface area contributed by atoms with Gasteiger partial charge in [-0.15, -0.1) is 0 Å². The molecule has 0 heterocycles. The number of benzene rings is 2. The molecule has 0 fully saturated rings. The number of ether oxygens (including phenoxy) is 3. The van der Waals surface area contributed by atoms with Crippen LogP contribution in [0, 0.1) is 5.82 Å². The predicted octanol–water partition coefficient (Wildman–Crippen LogP) is 3.34. The summed E-state index contributed by atoms with van der Waals surface area (Å²) in [6, 6.07) is 9.47. The molecule has 29 heavy (non-hydrogen) atoms. The van der Waals surface area contributed by atoms with E-state index >= 15 is 0 Å². The largest absolute Gasteiger partial charge is 0.490 e. The van der Waals surface area contributed by atoms with Crippen LogP contribution in [0.4, 0.5) is 13.2 Å².